The molecule has 0 fully saturated rings. The van der Waals surface area contributed by atoms with E-state index in [1.807, 2.05) is 12.2 Å². The van der Waals surface area contributed by atoms with Gasteiger partial charge in [-0.3, -0.25) is 9.59 Å². The third-order valence-electron chi connectivity index (χ3n) is 9.29. The number of hydrogen-bond acceptors (Lipinski definition) is 5. The minimum absolute atomic E-state index is 0.0754. The van der Waals surface area contributed by atoms with Gasteiger partial charge in [0.1, 0.15) is 12.1 Å². The molecule has 0 aliphatic carbocycles. The van der Waals surface area contributed by atoms with Gasteiger partial charge >= 0.3 is 11.9 Å². The first-order valence-electron chi connectivity index (χ1n) is 21.8. The van der Waals surface area contributed by atoms with Crippen molar-refractivity contribution in [2.24, 2.45) is 5.73 Å². The van der Waals surface area contributed by atoms with Gasteiger partial charge in [-0.15, -0.1) is 0 Å². The zero-order valence-corrected chi connectivity index (χ0v) is 34.5. The Labute approximate surface area is 331 Å². The van der Waals surface area contributed by atoms with E-state index in [0.29, 0.717) is 32.2 Å². The molecule has 2 unspecified atom stereocenters. The second kappa shape index (κ2) is 41.0. The van der Waals surface area contributed by atoms with Crippen LogP contribution in [-0.2, 0) is 19.1 Å². The van der Waals surface area contributed by atoms with Gasteiger partial charge in [0.15, 0.2) is 0 Å². The summed E-state index contributed by atoms with van der Waals surface area (Å²) in [6.07, 6.45) is 52.4. The minimum atomic E-state index is -1.01. The van der Waals surface area contributed by atoms with Gasteiger partial charge in [0.05, 0.1) is 6.42 Å². The zero-order valence-electron chi connectivity index (χ0n) is 34.5. The Balaban J connectivity index is 4.53. The van der Waals surface area contributed by atoms with Crippen LogP contribution in [0.3, 0.4) is 0 Å². The monoisotopic (exact) mass is 753 g/mol. The second-order valence-electron chi connectivity index (χ2n) is 14.4. The molecule has 0 saturated carbocycles. The summed E-state index contributed by atoms with van der Waals surface area (Å²) in [5, 5.41) is 11.9. The van der Waals surface area contributed by atoms with Gasteiger partial charge in [-0.1, -0.05) is 151 Å². The number of allylic oxidation sites excluding steroid dienone is 11. The van der Waals surface area contributed by atoms with Crippen molar-refractivity contribution in [2.45, 2.75) is 199 Å². The molecule has 0 radical (unpaired) electrons. The lowest BCUT2D eigenvalue weighted by Crippen LogP contribution is -2.40. The summed E-state index contributed by atoms with van der Waals surface area (Å²) in [6, 6.07) is -0.868. The summed E-state index contributed by atoms with van der Waals surface area (Å²) in [5.74, 6) is -1.39. The number of carbonyl (C=O) groups is 3. The van der Waals surface area contributed by atoms with Gasteiger partial charge in [-0.05, 0) is 103 Å². The Kier molecular flexibility index (Phi) is 38.6. The Morgan fingerprint density at radius 2 is 1.07 bits per heavy atom. The predicted molar refractivity (Wildman–Crippen MR) is 229 cm³/mol. The Hall–Kier alpha value is -3.19. The fraction of sp³-hybridized carbons (Fsp3) is 0.681. The van der Waals surface area contributed by atoms with Crippen molar-refractivity contribution in [3.63, 3.8) is 0 Å². The summed E-state index contributed by atoms with van der Waals surface area (Å²) >= 11 is 0. The molecular formula is C47H80N2O5. The van der Waals surface area contributed by atoms with E-state index in [1.165, 1.54) is 51.4 Å². The van der Waals surface area contributed by atoms with Crippen LogP contribution < -0.4 is 11.1 Å². The molecule has 0 rings (SSSR count). The lowest BCUT2D eigenvalue weighted by atomic mass is 10.0. The number of esters is 1. The van der Waals surface area contributed by atoms with E-state index in [0.717, 1.165) is 96.3 Å². The van der Waals surface area contributed by atoms with E-state index >= 15 is 0 Å². The predicted octanol–water partition coefficient (Wildman–Crippen LogP) is 12.3. The zero-order chi connectivity index (χ0) is 39.6. The smallest absolute Gasteiger partial charge is 0.326 e. The number of ether oxygens (including phenoxy) is 1. The number of nitrogens with two attached hydrogens (primary N) is 1. The molecule has 0 saturated heterocycles. The molecule has 0 bridgehead atoms. The number of hydrogen-bond donors (Lipinski definition) is 3. The van der Waals surface area contributed by atoms with E-state index in [9.17, 15) is 19.5 Å². The van der Waals surface area contributed by atoms with Crippen LogP contribution >= 0.6 is 0 Å². The largest absolute Gasteiger partial charge is 0.480 e. The van der Waals surface area contributed by atoms with Crippen molar-refractivity contribution < 1.29 is 24.2 Å². The quantitative estimate of drug-likeness (QED) is 0.0328. The van der Waals surface area contributed by atoms with Crippen molar-refractivity contribution in [2.75, 3.05) is 6.54 Å². The molecular weight excluding hydrogens is 673 g/mol. The van der Waals surface area contributed by atoms with Crippen LogP contribution in [0, 0.1) is 0 Å². The SMILES string of the molecule is CC/C=C\C/C=C\C/C=C\C/C=C\C/C=C\CC(=O)OC(CCC/C=C\CCCCCCCCCC)CCCCCCCC(=O)NC(CCCN)C(=O)O. The molecule has 54 heavy (non-hydrogen) atoms. The maximum atomic E-state index is 12.7. The highest BCUT2D eigenvalue weighted by Gasteiger charge is 2.19. The van der Waals surface area contributed by atoms with E-state index in [2.05, 4.69) is 79.9 Å². The number of carboxylic acids is 1. The van der Waals surface area contributed by atoms with Gasteiger partial charge in [-0.25, -0.2) is 4.79 Å². The molecule has 2 atom stereocenters. The van der Waals surface area contributed by atoms with Crippen molar-refractivity contribution >= 4 is 17.8 Å². The number of unbranched alkanes of at least 4 members (excludes halogenated alkanes) is 13. The highest BCUT2D eigenvalue weighted by Crippen LogP contribution is 2.17. The summed E-state index contributed by atoms with van der Waals surface area (Å²) in [7, 11) is 0. The number of carboxylic acid groups (broad SMARTS) is 1. The van der Waals surface area contributed by atoms with Gasteiger partial charge < -0.3 is 20.9 Å². The number of amides is 1. The van der Waals surface area contributed by atoms with Crippen molar-refractivity contribution in [3.8, 4) is 0 Å². The van der Waals surface area contributed by atoms with Gasteiger partial charge in [0.25, 0.3) is 0 Å². The number of nitrogens with one attached hydrogen (secondary N) is 1. The third-order valence-corrected chi connectivity index (χ3v) is 9.29. The van der Waals surface area contributed by atoms with Crippen LogP contribution in [0.5, 0.6) is 0 Å². The molecule has 0 aliphatic rings. The topological polar surface area (TPSA) is 119 Å². The van der Waals surface area contributed by atoms with Gasteiger partial charge in [0.2, 0.25) is 5.91 Å². The molecule has 0 spiro atoms. The standard InChI is InChI=1S/C47H80N2O5/c1-3-5-7-9-11-13-15-17-18-20-22-24-26-31-35-41-46(51)54-43(37-32-28-25-23-21-19-16-14-12-10-8-6-4-2)38-33-29-27-30-34-40-45(50)49-44(47(52)53)39-36-42-48/h5,7,11,13,17-18,22-25,31,35,43-44H,3-4,6,8-10,12,14-16,19-21,26-30,32-34,36-42,48H2,1-2H3,(H,49,50)(H,52,53)/b7-5-,13-11-,18-17-,24-22-,25-23-,35-31-. The van der Waals surface area contributed by atoms with E-state index in [-0.39, 0.29) is 18.0 Å². The second-order valence-corrected chi connectivity index (χ2v) is 14.4. The number of aliphatic carboxylic acids is 1. The molecule has 4 N–H and O–H groups in total. The summed E-state index contributed by atoms with van der Waals surface area (Å²) in [6.45, 7) is 4.81. The molecule has 0 heterocycles. The lowest BCUT2D eigenvalue weighted by molar-refractivity contribution is -0.148. The van der Waals surface area contributed by atoms with Crippen LogP contribution in [0.1, 0.15) is 187 Å². The highest BCUT2D eigenvalue weighted by molar-refractivity contribution is 5.83. The van der Waals surface area contributed by atoms with Crippen molar-refractivity contribution in [3.05, 3.63) is 72.9 Å². The number of carbonyl (C=O) groups excluding carboxylic acids is 2. The van der Waals surface area contributed by atoms with Crippen LogP contribution in [0.2, 0.25) is 0 Å². The van der Waals surface area contributed by atoms with Crippen molar-refractivity contribution in [1.82, 2.24) is 5.32 Å². The van der Waals surface area contributed by atoms with Gasteiger partial charge in [-0.2, -0.15) is 0 Å². The highest BCUT2D eigenvalue weighted by atomic mass is 16.5. The molecule has 0 aromatic rings. The maximum absolute atomic E-state index is 12.7. The normalized spacial score (nSPS) is 13.4. The molecule has 0 aromatic carbocycles. The lowest BCUT2D eigenvalue weighted by Gasteiger charge is -2.17. The molecule has 0 aliphatic heterocycles. The first kappa shape index (κ1) is 50.8. The minimum Gasteiger partial charge on any atom is -0.480 e. The summed E-state index contributed by atoms with van der Waals surface area (Å²) in [4.78, 5) is 36.3. The van der Waals surface area contributed by atoms with Crippen molar-refractivity contribution in [1.29, 1.82) is 0 Å². The van der Waals surface area contributed by atoms with E-state index < -0.39 is 12.0 Å². The molecule has 7 nitrogen and oxygen atoms in total. The molecule has 7 heteroatoms. The summed E-state index contributed by atoms with van der Waals surface area (Å²) < 4.78 is 5.96. The van der Waals surface area contributed by atoms with Gasteiger partial charge in [0, 0.05) is 6.42 Å². The Morgan fingerprint density at radius 1 is 0.574 bits per heavy atom. The first-order chi connectivity index (χ1) is 26.4. The molecule has 1 amide bonds. The molecule has 308 valence electrons. The average molecular weight is 753 g/mol. The first-order valence-corrected chi connectivity index (χ1v) is 21.8. The van der Waals surface area contributed by atoms with Crippen LogP contribution in [0.25, 0.3) is 0 Å². The molecule has 0 aromatic heterocycles. The fourth-order valence-corrected chi connectivity index (χ4v) is 6.06. The van der Waals surface area contributed by atoms with Crippen LogP contribution in [-0.4, -0.2) is 41.6 Å². The maximum Gasteiger partial charge on any atom is 0.326 e. The average Bonchev–Trinajstić information content (AvgIpc) is 3.16. The van der Waals surface area contributed by atoms with E-state index in [1.54, 1.807) is 0 Å². The summed E-state index contributed by atoms with van der Waals surface area (Å²) in [5.41, 5.74) is 5.48. The third kappa shape index (κ3) is 37.1. The van der Waals surface area contributed by atoms with E-state index in [4.69, 9.17) is 10.5 Å². The van der Waals surface area contributed by atoms with Crippen LogP contribution in [0.15, 0.2) is 72.9 Å². The number of rotatable bonds is 38. The Bertz CT molecular complexity index is 1070. The Morgan fingerprint density at radius 3 is 1.65 bits per heavy atom. The fourth-order valence-electron chi connectivity index (χ4n) is 6.06. The van der Waals surface area contributed by atoms with Crippen LogP contribution in [0.4, 0.5) is 0 Å².